The van der Waals surface area contributed by atoms with Gasteiger partial charge in [0.25, 0.3) is 0 Å². The van der Waals surface area contributed by atoms with Gasteiger partial charge in [0, 0.05) is 30.8 Å². The quantitative estimate of drug-likeness (QED) is 0.924. The number of nitrogens with zero attached hydrogens (tertiary/aromatic N) is 2. The van der Waals surface area contributed by atoms with E-state index in [-0.39, 0.29) is 11.8 Å². The van der Waals surface area contributed by atoms with Crippen molar-refractivity contribution in [2.75, 3.05) is 0 Å². The molecular weight excluding hydrogens is 250 g/mol. The van der Waals surface area contributed by atoms with Crippen molar-refractivity contribution < 1.29 is 4.79 Å². The molecule has 2 atom stereocenters. The van der Waals surface area contributed by atoms with Crippen molar-refractivity contribution in [3.05, 3.63) is 53.3 Å². The first-order valence-electron chi connectivity index (χ1n) is 6.97. The van der Waals surface area contributed by atoms with Gasteiger partial charge in [-0.1, -0.05) is 30.3 Å². The van der Waals surface area contributed by atoms with Crippen molar-refractivity contribution in [1.82, 2.24) is 15.1 Å². The molecule has 3 rings (SSSR count). The van der Waals surface area contributed by atoms with Gasteiger partial charge in [-0.05, 0) is 24.8 Å². The Morgan fingerprint density at radius 1 is 1.40 bits per heavy atom. The van der Waals surface area contributed by atoms with E-state index >= 15 is 0 Å². The molecule has 0 spiro atoms. The maximum Gasteiger partial charge on any atom is 0.224 e. The van der Waals surface area contributed by atoms with Gasteiger partial charge in [0.05, 0.1) is 6.20 Å². The fourth-order valence-electron chi connectivity index (χ4n) is 2.58. The van der Waals surface area contributed by atoms with Crippen molar-refractivity contribution in [3.8, 4) is 0 Å². The summed E-state index contributed by atoms with van der Waals surface area (Å²) in [6.07, 6.45) is 2.78. The molecule has 0 bridgehead atoms. The molecule has 1 aromatic carbocycles. The van der Waals surface area contributed by atoms with Crippen LogP contribution in [0.4, 0.5) is 0 Å². The van der Waals surface area contributed by atoms with Crippen LogP contribution < -0.4 is 5.32 Å². The topological polar surface area (TPSA) is 46.9 Å². The van der Waals surface area contributed by atoms with Gasteiger partial charge in [0.15, 0.2) is 0 Å². The Hall–Kier alpha value is -2.10. The number of carbonyl (C=O) groups excluding carboxylic acids is 1. The Bertz CT molecular complexity index is 618. The molecule has 1 aliphatic rings. The van der Waals surface area contributed by atoms with E-state index in [2.05, 4.69) is 22.5 Å². The molecule has 0 aliphatic heterocycles. The summed E-state index contributed by atoms with van der Waals surface area (Å²) < 4.78 is 1.82. The Balaban J connectivity index is 1.55. The van der Waals surface area contributed by atoms with Crippen molar-refractivity contribution in [2.45, 2.75) is 25.8 Å². The first-order chi connectivity index (χ1) is 9.66. The van der Waals surface area contributed by atoms with Crippen molar-refractivity contribution in [1.29, 1.82) is 0 Å². The normalized spacial score (nSPS) is 20.7. The molecule has 1 N–H and O–H groups in total. The Morgan fingerprint density at radius 3 is 2.80 bits per heavy atom. The van der Waals surface area contributed by atoms with E-state index in [0.29, 0.717) is 12.5 Å². The largest absolute Gasteiger partial charge is 0.352 e. The number of rotatable bonds is 4. The molecule has 1 aromatic heterocycles. The van der Waals surface area contributed by atoms with Gasteiger partial charge in [-0.2, -0.15) is 5.10 Å². The molecule has 1 fully saturated rings. The minimum atomic E-state index is 0.134. The maximum absolute atomic E-state index is 12.1. The third-order valence-corrected chi connectivity index (χ3v) is 4.14. The van der Waals surface area contributed by atoms with E-state index < -0.39 is 0 Å². The number of hydrogen-bond acceptors (Lipinski definition) is 2. The van der Waals surface area contributed by atoms with Gasteiger partial charge in [-0.3, -0.25) is 9.48 Å². The zero-order valence-corrected chi connectivity index (χ0v) is 11.8. The first kappa shape index (κ1) is 12.9. The standard InChI is InChI=1S/C16H19N3O/c1-11-13(10-18-19(11)2)9-17-16(20)15-8-14(15)12-6-4-3-5-7-12/h3-7,10,14-15H,8-9H2,1-2H3,(H,17,20). The predicted molar refractivity (Wildman–Crippen MR) is 77.1 cm³/mol. The van der Waals surface area contributed by atoms with Gasteiger partial charge in [0.1, 0.15) is 0 Å². The second kappa shape index (κ2) is 5.12. The highest BCUT2D eigenvalue weighted by atomic mass is 16.2. The summed E-state index contributed by atoms with van der Waals surface area (Å²) >= 11 is 0. The van der Waals surface area contributed by atoms with Crippen LogP contribution in [-0.2, 0) is 18.4 Å². The number of carbonyl (C=O) groups is 1. The second-order valence-electron chi connectivity index (χ2n) is 5.46. The molecule has 0 radical (unpaired) electrons. The molecule has 2 unspecified atom stereocenters. The van der Waals surface area contributed by atoms with E-state index in [9.17, 15) is 4.79 Å². The van der Waals surface area contributed by atoms with Crippen LogP contribution in [0.5, 0.6) is 0 Å². The minimum absolute atomic E-state index is 0.134. The molecule has 0 saturated heterocycles. The maximum atomic E-state index is 12.1. The lowest BCUT2D eigenvalue weighted by molar-refractivity contribution is -0.122. The molecule has 2 aromatic rings. The monoisotopic (exact) mass is 269 g/mol. The third kappa shape index (κ3) is 2.46. The average molecular weight is 269 g/mol. The third-order valence-electron chi connectivity index (χ3n) is 4.14. The van der Waals surface area contributed by atoms with Crippen LogP contribution in [0.2, 0.25) is 0 Å². The first-order valence-corrected chi connectivity index (χ1v) is 6.97. The number of amides is 1. The lowest BCUT2D eigenvalue weighted by atomic mass is 10.1. The fraction of sp³-hybridized carbons (Fsp3) is 0.375. The van der Waals surface area contributed by atoms with Crippen LogP contribution >= 0.6 is 0 Å². The van der Waals surface area contributed by atoms with Crippen molar-refractivity contribution in [3.63, 3.8) is 0 Å². The van der Waals surface area contributed by atoms with Crippen LogP contribution in [0.1, 0.15) is 29.2 Å². The SMILES string of the molecule is Cc1c(CNC(=O)C2CC2c2ccccc2)cnn1C. The lowest BCUT2D eigenvalue weighted by Gasteiger charge is -2.05. The summed E-state index contributed by atoms with van der Waals surface area (Å²) in [4.78, 5) is 12.1. The second-order valence-corrected chi connectivity index (χ2v) is 5.46. The highest BCUT2D eigenvalue weighted by Crippen LogP contribution is 2.47. The van der Waals surface area contributed by atoms with Gasteiger partial charge in [-0.15, -0.1) is 0 Å². The molecule has 1 aliphatic carbocycles. The Labute approximate surface area is 118 Å². The minimum Gasteiger partial charge on any atom is -0.352 e. The molecule has 1 saturated carbocycles. The molecule has 104 valence electrons. The van der Waals surface area contributed by atoms with E-state index in [0.717, 1.165) is 17.7 Å². The van der Waals surface area contributed by atoms with Crippen molar-refractivity contribution in [2.24, 2.45) is 13.0 Å². The Kier molecular flexibility index (Phi) is 3.30. The zero-order chi connectivity index (χ0) is 14.1. The van der Waals surface area contributed by atoms with E-state index in [1.165, 1.54) is 5.56 Å². The number of hydrogen-bond donors (Lipinski definition) is 1. The number of benzene rings is 1. The van der Waals surface area contributed by atoms with Crippen molar-refractivity contribution >= 4 is 5.91 Å². The number of aromatic nitrogens is 2. The van der Waals surface area contributed by atoms with E-state index in [4.69, 9.17) is 0 Å². The predicted octanol–water partition coefficient (Wildman–Crippen LogP) is 2.15. The summed E-state index contributed by atoms with van der Waals surface area (Å²) in [5, 5.41) is 7.21. The summed E-state index contributed by atoms with van der Waals surface area (Å²) in [5.74, 6) is 0.683. The fourth-order valence-corrected chi connectivity index (χ4v) is 2.58. The van der Waals surface area contributed by atoms with Crippen LogP contribution in [-0.4, -0.2) is 15.7 Å². The summed E-state index contributed by atoms with van der Waals surface area (Å²) in [6, 6.07) is 10.3. The van der Waals surface area contributed by atoms with Crippen LogP contribution in [0.3, 0.4) is 0 Å². The lowest BCUT2D eigenvalue weighted by Crippen LogP contribution is -2.25. The average Bonchev–Trinajstić information content (AvgIpc) is 3.21. The molecule has 20 heavy (non-hydrogen) atoms. The van der Waals surface area contributed by atoms with Crippen LogP contribution in [0.15, 0.2) is 36.5 Å². The van der Waals surface area contributed by atoms with Gasteiger partial charge < -0.3 is 5.32 Å². The van der Waals surface area contributed by atoms with Crippen LogP contribution in [0.25, 0.3) is 0 Å². The van der Waals surface area contributed by atoms with Gasteiger partial charge >= 0.3 is 0 Å². The van der Waals surface area contributed by atoms with Crippen LogP contribution in [0, 0.1) is 12.8 Å². The zero-order valence-electron chi connectivity index (χ0n) is 11.8. The Morgan fingerprint density at radius 2 is 2.15 bits per heavy atom. The smallest absolute Gasteiger partial charge is 0.224 e. The number of nitrogens with one attached hydrogen (secondary N) is 1. The highest BCUT2D eigenvalue weighted by Gasteiger charge is 2.43. The molecule has 4 nitrogen and oxygen atoms in total. The molecule has 1 heterocycles. The number of aryl methyl sites for hydroxylation is 1. The summed E-state index contributed by atoms with van der Waals surface area (Å²) in [6.45, 7) is 2.58. The molecule has 4 heteroatoms. The highest BCUT2D eigenvalue weighted by molar-refractivity contribution is 5.82. The molecule has 1 amide bonds. The summed E-state index contributed by atoms with van der Waals surface area (Å²) in [7, 11) is 1.91. The van der Waals surface area contributed by atoms with E-state index in [1.807, 2.05) is 43.0 Å². The summed E-state index contributed by atoms with van der Waals surface area (Å²) in [5.41, 5.74) is 3.45. The van der Waals surface area contributed by atoms with E-state index in [1.54, 1.807) is 0 Å². The molecular formula is C16H19N3O. The van der Waals surface area contributed by atoms with Gasteiger partial charge in [-0.25, -0.2) is 0 Å². The van der Waals surface area contributed by atoms with Gasteiger partial charge in [0.2, 0.25) is 5.91 Å².